The lowest BCUT2D eigenvalue weighted by atomic mass is 9.83. The molecule has 2 aliphatic rings. The SMILES string of the molecule is CCC/C=C(\N=C(C)C1CCNCC1)c1ccc2c(c1)C(C)CCC2. The number of hydrogen-bond acceptors (Lipinski definition) is 2. The molecule has 1 saturated heterocycles. The first-order chi connectivity index (χ1) is 12.2. The molecule has 0 amide bonds. The van der Waals surface area contributed by atoms with Crippen LogP contribution in [0.2, 0.25) is 0 Å². The molecular formula is C23H34N2. The maximum absolute atomic E-state index is 5.13. The molecule has 3 rings (SSSR count). The summed E-state index contributed by atoms with van der Waals surface area (Å²) in [5.74, 6) is 1.33. The first-order valence-electron chi connectivity index (χ1n) is 10.3. The number of fused-ring (bicyclic) bond motifs is 1. The monoisotopic (exact) mass is 338 g/mol. The highest BCUT2D eigenvalue weighted by atomic mass is 14.9. The molecule has 1 fully saturated rings. The Balaban J connectivity index is 1.89. The van der Waals surface area contributed by atoms with Crippen molar-refractivity contribution < 1.29 is 0 Å². The van der Waals surface area contributed by atoms with E-state index in [1.165, 1.54) is 55.5 Å². The minimum atomic E-state index is 0.642. The number of nitrogens with one attached hydrogen (secondary N) is 1. The number of allylic oxidation sites excluding steroid dienone is 1. The second kappa shape index (κ2) is 8.80. The molecule has 1 aromatic carbocycles. The molecule has 2 nitrogen and oxygen atoms in total. The van der Waals surface area contributed by atoms with Gasteiger partial charge in [-0.15, -0.1) is 0 Å². The average molecular weight is 339 g/mol. The predicted molar refractivity (Wildman–Crippen MR) is 109 cm³/mol. The molecule has 1 aliphatic carbocycles. The normalized spacial score (nSPS) is 22.8. The Morgan fingerprint density at radius 1 is 1.24 bits per heavy atom. The van der Waals surface area contributed by atoms with Gasteiger partial charge in [0.1, 0.15) is 0 Å². The Hall–Kier alpha value is -1.41. The highest BCUT2D eigenvalue weighted by Gasteiger charge is 2.19. The number of unbranched alkanes of at least 4 members (excludes halogenated alkanes) is 1. The first kappa shape index (κ1) is 18.4. The lowest BCUT2D eigenvalue weighted by Crippen LogP contribution is -2.31. The highest BCUT2D eigenvalue weighted by molar-refractivity contribution is 5.90. The van der Waals surface area contributed by atoms with Crippen LogP contribution in [-0.2, 0) is 6.42 Å². The standard InChI is InChI=1S/C23H34N2/c1-4-5-9-23(25-18(3)19-12-14-24-15-13-19)21-11-10-20-8-6-7-17(2)22(20)16-21/h9-11,16-17,19,24H,4-8,12-15H2,1-3H3/b23-9-,25-18?. The molecule has 1 atom stereocenters. The van der Waals surface area contributed by atoms with Crippen molar-refractivity contribution in [2.75, 3.05) is 13.1 Å². The third kappa shape index (κ3) is 4.61. The van der Waals surface area contributed by atoms with E-state index in [-0.39, 0.29) is 0 Å². The van der Waals surface area contributed by atoms with Crippen LogP contribution in [0.3, 0.4) is 0 Å². The summed E-state index contributed by atoms with van der Waals surface area (Å²) in [6.45, 7) is 9.10. The number of rotatable bonds is 5. The molecule has 1 aliphatic heterocycles. The minimum Gasteiger partial charge on any atom is -0.317 e. The van der Waals surface area contributed by atoms with Gasteiger partial charge in [0.15, 0.2) is 0 Å². The van der Waals surface area contributed by atoms with Gasteiger partial charge in [-0.25, -0.2) is 0 Å². The van der Waals surface area contributed by atoms with Gasteiger partial charge in [-0.2, -0.15) is 0 Å². The summed E-state index contributed by atoms with van der Waals surface area (Å²) in [5, 5.41) is 3.46. The van der Waals surface area contributed by atoms with Crippen molar-refractivity contribution in [2.45, 2.75) is 71.6 Å². The molecule has 1 N–H and O–H groups in total. The lowest BCUT2D eigenvalue weighted by molar-refractivity contribution is 0.455. The van der Waals surface area contributed by atoms with Gasteiger partial charge >= 0.3 is 0 Å². The van der Waals surface area contributed by atoms with E-state index >= 15 is 0 Å². The number of aryl methyl sites for hydroxylation is 1. The van der Waals surface area contributed by atoms with E-state index in [1.54, 1.807) is 11.1 Å². The van der Waals surface area contributed by atoms with Gasteiger partial charge in [0.05, 0.1) is 5.70 Å². The van der Waals surface area contributed by atoms with E-state index in [0.29, 0.717) is 11.8 Å². The zero-order valence-corrected chi connectivity index (χ0v) is 16.3. The smallest absolute Gasteiger partial charge is 0.0661 e. The van der Waals surface area contributed by atoms with Crippen LogP contribution in [0.15, 0.2) is 29.3 Å². The van der Waals surface area contributed by atoms with Crippen molar-refractivity contribution in [1.82, 2.24) is 5.32 Å². The molecule has 0 radical (unpaired) electrons. The second-order valence-corrected chi connectivity index (χ2v) is 7.86. The molecule has 0 aromatic heterocycles. The van der Waals surface area contributed by atoms with Gasteiger partial charge in [0.2, 0.25) is 0 Å². The van der Waals surface area contributed by atoms with Crippen molar-refractivity contribution in [2.24, 2.45) is 10.9 Å². The van der Waals surface area contributed by atoms with E-state index in [0.717, 1.165) is 19.5 Å². The number of piperidine rings is 1. The number of nitrogens with zero attached hydrogens (tertiary/aromatic N) is 1. The van der Waals surface area contributed by atoms with Gasteiger partial charge in [-0.05, 0) is 87.6 Å². The van der Waals surface area contributed by atoms with E-state index in [9.17, 15) is 0 Å². The van der Waals surface area contributed by atoms with Crippen molar-refractivity contribution in [3.8, 4) is 0 Å². The maximum Gasteiger partial charge on any atom is 0.0661 e. The molecule has 1 heterocycles. The molecule has 0 bridgehead atoms. The van der Waals surface area contributed by atoms with Crippen LogP contribution in [-0.4, -0.2) is 18.8 Å². The van der Waals surface area contributed by atoms with E-state index < -0.39 is 0 Å². The van der Waals surface area contributed by atoms with Crippen LogP contribution in [0.25, 0.3) is 5.70 Å². The molecule has 2 heteroatoms. The predicted octanol–water partition coefficient (Wildman–Crippen LogP) is 5.73. The van der Waals surface area contributed by atoms with Crippen LogP contribution in [0.4, 0.5) is 0 Å². The lowest BCUT2D eigenvalue weighted by Gasteiger charge is -2.24. The Morgan fingerprint density at radius 2 is 2.04 bits per heavy atom. The number of aliphatic imine (C=N–C) groups is 1. The quantitative estimate of drug-likeness (QED) is 0.681. The largest absolute Gasteiger partial charge is 0.317 e. The third-order valence-electron chi connectivity index (χ3n) is 5.91. The Bertz CT molecular complexity index is 635. The van der Waals surface area contributed by atoms with Crippen molar-refractivity contribution >= 4 is 11.4 Å². The summed E-state index contributed by atoms with van der Waals surface area (Å²) >= 11 is 0. The average Bonchev–Trinajstić information content (AvgIpc) is 2.66. The summed E-state index contributed by atoms with van der Waals surface area (Å²) in [4.78, 5) is 5.13. The molecular weight excluding hydrogens is 304 g/mol. The number of hydrogen-bond donors (Lipinski definition) is 1. The topological polar surface area (TPSA) is 24.4 Å². The summed E-state index contributed by atoms with van der Waals surface area (Å²) in [6, 6.07) is 7.09. The van der Waals surface area contributed by atoms with Gasteiger partial charge in [0, 0.05) is 11.3 Å². The van der Waals surface area contributed by atoms with Crippen LogP contribution < -0.4 is 5.32 Å². The molecule has 0 saturated carbocycles. The highest BCUT2D eigenvalue weighted by Crippen LogP contribution is 2.33. The first-order valence-corrected chi connectivity index (χ1v) is 10.3. The molecule has 25 heavy (non-hydrogen) atoms. The van der Waals surface area contributed by atoms with Gasteiger partial charge in [-0.1, -0.05) is 38.5 Å². The Morgan fingerprint density at radius 3 is 2.80 bits per heavy atom. The molecule has 1 aromatic rings. The fourth-order valence-corrected chi connectivity index (χ4v) is 4.22. The van der Waals surface area contributed by atoms with Crippen molar-refractivity contribution in [3.63, 3.8) is 0 Å². The fourth-order valence-electron chi connectivity index (χ4n) is 4.22. The van der Waals surface area contributed by atoms with Crippen LogP contribution in [0.1, 0.15) is 81.9 Å². The number of benzene rings is 1. The second-order valence-electron chi connectivity index (χ2n) is 7.86. The maximum atomic E-state index is 5.13. The molecule has 0 spiro atoms. The summed E-state index contributed by atoms with van der Waals surface area (Å²) in [6.07, 6.45) is 11.0. The molecule has 136 valence electrons. The van der Waals surface area contributed by atoms with Crippen molar-refractivity contribution in [3.05, 3.63) is 41.0 Å². The summed E-state index contributed by atoms with van der Waals surface area (Å²) in [5.41, 5.74) is 6.93. The van der Waals surface area contributed by atoms with Gasteiger partial charge in [-0.3, -0.25) is 4.99 Å². The van der Waals surface area contributed by atoms with Crippen LogP contribution in [0.5, 0.6) is 0 Å². The molecule has 1 unspecified atom stereocenters. The zero-order chi connectivity index (χ0) is 17.6. The van der Waals surface area contributed by atoms with Crippen LogP contribution in [0, 0.1) is 5.92 Å². The van der Waals surface area contributed by atoms with E-state index in [4.69, 9.17) is 4.99 Å². The summed E-state index contributed by atoms with van der Waals surface area (Å²) in [7, 11) is 0. The van der Waals surface area contributed by atoms with E-state index in [1.807, 2.05) is 0 Å². The summed E-state index contributed by atoms with van der Waals surface area (Å²) < 4.78 is 0. The van der Waals surface area contributed by atoms with Crippen molar-refractivity contribution in [1.29, 1.82) is 0 Å². The van der Waals surface area contributed by atoms with Gasteiger partial charge in [0.25, 0.3) is 0 Å². The van der Waals surface area contributed by atoms with Gasteiger partial charge < -0.3 is 5.32 Å². The Kier molecular flexibility index (Phi) is 6.47. The van der Waals surface area contributed by atoms with Crippen LogP contribution >= 0.6 is 0 Å². The third-order valence-corrected chi connectivity index (χ3v) is 5.91. The zero-order valence-electron chi connectivity index (χ0n) is 16.3. The minimum absolute atomic E-state index is 0.642. The fraction of sp³-hybridized carbons (Fsp3) is 0.609. The Labute approximate surface area is 153 Å². The van der Waals surface area contributed by atoms with E-state index in [2.05, 4.69) is 50.4 Å².